The molecule has 1 saturated heterocycles. The minimum Gasteiger partial charge on any atom is -0.487 e. The van der Waals surface area contributed by atoms with Crippen molar-refractivity contribution in [2.75, 3.05) is 46.8 Å². The van der Waals surface area contributed by atoms with E-state index in [1.54, 1.807) is 29.7 Å². The topological polar surface area (TPSA) is 101 Å². The number of halogens is 2. The summed E-state index contributed by atoms with van der Waals surface area (Å²) in [6, 6.07) is 3.29. The van der Waals surface area contributed by atoms with Gasteiger partial charge < -0.3 is 24.8 Å². The Labute approximate surface area is 232 Å². The molecule has 1 aromatic heterocycles. The number of benzene rings is 1. The highest BCUT2D eigenvalue weighted by molar-refractivity contribution is 6.05. The third-order valence-corrected chi connectivity index (χ3v) is 8.01. The number of rotatable bonds is 7. The Bertz CT molecular complexity index is 1350. The van der Waals surface area contributed by atoms with Crippen LogP contribution in [0.5, 0.6) is 5.75 Å². The number of piperidine rings is 1. The number of ether oxygens (including phenoxy) is 1. The third-order valence-electron chi connectivity index (χ3n) is 8.01. The number of likely N-dealkylation sites (tertiary alicyclic amines) is 1. The van der Waals surface area contributed by atoms with Gasteiger partial charge in [0.15, 0.2) is 11.6 Å². The third kappa shape index (κ3) is 6.16. The minimum absolute atomic E-state index is 0.0208. The number of hydrogen-bond acceptors (Lipinski definition) is 6. The number of aliphatic imine (C=N–C) groups is 1. The summed E-state index contributed by atoms with van der Waals surface area (Å²) in [5.74, 6) is -1.36. The summed E-state index contributed by atoms with van der Waals surface area (Å²) < 4.78 is 35.6. The molecule has 3 aliphatic heterocycles. The summed E-state index contributed by atoms with van der Waals surface area (Å²) in [4.78, 5) is 30.8. The molecule has 214 valence electrons. The molecule has 2 amide bonds. The van der Waals surface area contributed by atoms with Gasteiger partial charge in [0.1, 0.15) is 31.1 Å². The smallest absolute Gasteiger partial charge is 0.241 e. The van der Waals surface area contributed by atoms with Gasteiger partial charge in [-0.25, -0.2) is 8.78 Å². The average Bonchev–Trinajstić information content (AvgIpc) is 3.38. The van der Waals surface area contributed by atoms with E-state index in [1.807, 2.05) is 6.20 Å². The zero-order valence-electron chi connectivity index (χ0n) is 23.1. The summed E-state index contributed by atoms with van der Waals surface area (Å²) in [5.41, 5.74) is 3.56. The van der Waals surface area contributed by atoms with Crippen molar-refractivity contribution in [2.24, 2.45) is 4.99 Å². The van der Waals surface area contributed by atoms with Crippen LogP contribution in [0.15, 0.2) is 47.0 Å². The van der Waals surface area contributed by atoms with E-state index in [4.69, 9.17) is 9.73 Å². The Balaban J connectivity index is 1.32. The van der Waals surface area contributed by atoms with Crippen LogP contribution in [0.25, 0.3) is 0 Å². The minimum atomic E-state index is -0.688. The molecule has 3 aliphatic rings. The molecule has 40 heavy (non-hydrogen) atoms. The van der Waals surface area contributed by atoms with Crippen LogP contribution in [0.1, 0.15) is 31.7 Å². The molecule has 0 radical (unpaired) electrons. The van der Waals surface area contributed by atoms with E-state index >= 15 is 0 Å². The maximum Gasteiger partial charge on any atom is 0.241 e. The molecular weight excluding hydrogens is 520 g/mol. The first-order valence-electron chi connectivity index (χ1n) is 13.6. The second-order valence-electron chi connectivity index (χ2n) is 11.1. The zero-order chi connectivity index (χ0) is 28.4. The molecule has 5 rings (SSSR count). The Morgan fingerprint density at radius 2 is 2.02 bits per heavy atom. The average molecular weight is 557 g/mol. The molecule has 10 nitrogen and oxygen atoms in total. The zero-order valence-corrected chi connectivity index (χ0v) is 23.1. The summed E-state index contributed by atoms with van der Waals surface area (Å²) in [5, 5.41) is 10.7. The summed E-state index contributed by atoms with van der Waals surface area (Å²) in [6.07, 6.45) is 5.59. The molecule has 4 heterocycles. The predicted octanol–water partition coefficient (Wildman–Crippen LogP) is 1.82. The molecule has 0 aliphatic carbocycles. The first-order chi connectivity index (χ1) is 19.1. The number of quaternary nitrogens is 1. The van der Waals surface area contributed by atoms with E-state index in [-0.39, 0.29) is 36.3 Å². The van der Waals surface area contributed by atoms with Gasteiger partial charge in [-0.3, -0.25) is 19.3 Å². The molecule has 0 bridgehead atoms. The molecule has 2 aromatic rings. The molecule has 1 unspecified atom stereocenters. The number of likely N-dealkylation sites (N-methyl/N-ethyl adjacent to an activating group) is 2. The van der Waals surface area contributed by atoms with Crippen LogP contribution in [0.3, 0.4) is 0 Å². The van der Waals surface area contributed by atoms with Crippen molar-refractivity contribution in [1.29, 1.82) is 0 Å². The maximum atomic E-state index is 14.1. The first kappa shape index (κ1) is 27.8. The molecular formula is C28H36F2N7O3+. The van der Waals surface area contributed by atoms with Crippen molar-refractivity contribution in [1.82, 2.24) is 25.3 Å². The second kappa shape index (κ2) is 11.4. The molecule has 0 spiro atoms. The van der Waals surface area contributed by atoms with Crippen LogP contribution in [0.4, 0.5) is 8.78 Å². The number of carbonyl (C=O) groups excluding carboxylic acids is 2. The summed E-state index contributed by atoms with van der Waals surface area (Å²) in [7, 11) is 3.79. The lowest BCUT2D eigenvalue weighted by molar-refractivity contribution is -0.915. The Morgan fingerprint density at radius 3 is 2.73 bits per heavy atom. The number of nitrogens with zero attached hydrogens (tertiary/aromatic N) is 5. The molecule has 1 atom stereocenters. The largest absolute Gasteiger partial charge is 0.487 e. The second-order valence-corrected chi connectivity index (χ2v) is 11.1. The summed E-state index contributed by atoms with van der Waals surface area (Å²) in [6.45, 7) is 5.17. The monoisotopic (exact) mass is 556 g/mol. The molecule has 1 fully saturated rings. The van der Waals surface area contributed by atoms with Crippen molar-refractivity contribution >= 4 is 17.5 Å². The number of hydrogen-bond donors (Lipinski definition) is 2. The fourth-order valence-corrected chi connectivity index (χ4v) is 5.64. The van der Waals surface area contributed by atoms with Crippen molar-refractivity contribution < 1.29 is 27.6 Å². The van der Waals surface area contributed by atoms with Gasteiger partial charge in [0.05, 0.1) is 44.3 Å². The van der Waals surface area contributed by atoms with Crippen molar-refractivity contribution in [3.63, 3.8) is 0 Å². The van der Waals surface area contributed by atoms with Crippen LogP contribution in [-0.2, 0) is 16.1 Å². The fourth-order valence-electron chi connectivity index (χ4n) is 5.64. The van der Waals surface area contributed by atoms with Crippen molar-refractivity contribution in [3.05, 3.63) is 59.2 Å². The lowest BCUT2D eigenvalue weighted by atomic mass is 9.97. The van der Waals surface area contributed by atoms with Gasteiger partial charge in [-0.1, -0.05) is 0 Å². The van der Waals surface area contributed by atoms with Crippen LogP contribution in [0, 0.1) is 11.6 Å². The Kier molecular flexibility index (Phi) is 7.88. The number of carbonyl (C=O) groups is 2. The van der Waals surface area contributed by atoms with Crippen LogP contribution >= 0.6 is 0 Å². The lowest BCUT2D eigenvalue weighted by Gasteiger charge is -2.44. The standard InChI is InChI=1S/C28H35F2N7O3/c1-18(38)35-9-6-23-24(15-35)34-28(19-13-32-36(14-19)16-27(39)31-2)25(33-23)17-37(3)10-7-21(8-11-37)40-26-5-4-20(29)12-22(26)30/h4-5,12-14,21,25,33H,6-11,15-17H2,1-3H3/p+1. The number of amides is 2. The fraction of sp³-hybridized carbons (Fsp3) is 0.500. The van der Waals surface area contributed by atoms with Gasteiger partial charge in [-0.15, -0.1) is 0 Å². The van der Waals surface area contributed by atoms with Gasteiger partial charge in [0, 0.05) is 63.3 Å². The van der Waals surface area contributed by atoms with Crippen LogP contribution in [-0.4, -0.2) is 95.7 Å². The normalized spacial score (nSPS) is 24.6. The molecule has 1 aromatic carbocycles. The van der Waals surface area contributed by atoms with Crippen LogP contribution < -0.4 is 15.4 Å². The van der Waals surface area contributed by atoms with Crippen molar-refractivity contribution in [2.45, 2.75) is 44.9 Å². The highest BCUT2D eigenvalue weighted by Gasteiger charge is 2.38. The number of aromatic nitrogens is 2. The van der Waals surface area contributed by atoms with E-state index in [2.05, 4.69) is 22.8 Å². The SMILES string of the molecule is CNC(=O)Cn1cc(C2=NC3=C(CCN(C(C)=O)C3)NC2C[N+]2(C)CCC(Oc3ccc(F)cc3F)CC2)cn1. The molecule has 2 N–H and O–H groups in total. The number of nitrogens with one attached hydrogen (secondary N) is 2. The van der Waals surface area contributed by atoms with Gasteiger partial charge in [0.2, 0.25) is 11.8 Å². The van der Waals surface area contributed by atoms with E-state index in [9.17, 15) is 18.4 Å². The van der Waals surface area contributed by atoms with Crippen LogP contribution in [0.2, 0.25) is 0 Å². The molecule has 12 heteroatoms. The maximum absolute atomic E-state index is 14.1. The highest BCUT2D eigenvalue weighted by atomic mass is 19.1. The van der Waals surface area contributed by atoms with E-state index < -0.39 is 11.6 Å². The highest BCUT2D eigenvalue weighted by Crippen LogP contribution is 2.28. The van der Waals surface area contributed by atoms with Gasteiger partial charge in [0.25, 0.3) is 0 Å². The molecule has 0 saturated carbocycles. The van der Waals surface area contributed by atoms with Crippen molar-refractivity contribution in [3.8, 4) is 5.75 Å². The lowest BCUT2D eigenvalue weighted by Crippen LogP contribution is -2.60. The predicted molar refractivity (Wildman–Crippen MR) is 144 cm³/mol. The van der Waals surface area contributed by atoms with Gasteiger partial charge in [-0.2, -0.15) is 5.10 Å². The Morgan fingerprint density at radius 1 is 1.25 bits per heavy atom. The van der Waals surface area contributed by atoms with E-state index in [1.165, 1.54) is 12.1 Å². The van der Waals surface area contributed by atoms with E-state index in [0.717, 1.165) is 65.7 Å². The first-order valence-corrected chi connectivity index (χ1v) is 13.6. The quantitative estimate of drug-likeness (QED) is 0.507. The summed E-state index contributed by atoms with van der Waals surface area (Å²) >= 11 is 0. The van der Waals surface area contributed by atoms with E-state index in [0.29, 0.717) is 19.5 Å². The Hall–Kier alpha value is -3.80. The van der Waals surface area contributed by atoms with Gasteiger partial charge >= 0.3 is 0 Å². The van der Waals surface area contributed by atoms with Gasteiger partial charge in [-0.05, 0) is 12.1 Å².